The monoisotopic (exact) mass is 213 g/mol. The molecule has 0 bridgehead atoms. The molecule has 1 rings (SSSR count). The van der Waals surface area contributed by atoms with Crippen molar-refractivity contribution in [1.82, 2.24) is 9.80 Å². The molecule has 1 saturated heterocycles. The van der Waals surface area contributed by atoms with Gasteiger partial charge in [0.25, 0.3) is 0 Å². The summed E-state index contributed by atoms with van der Waals surface area (Å²) in [6.07, 6.45) is 3.71. The van der Waals surface area contributed by atoms with Crippen LogP contribution in [-0.4, -0.2) is 55.1 Å². The van der Waals surface area contributed by atoms with Gasteiger partial charge >= 0.3 is 0 Å². The van der Waals surface area contributed by atoms with Crippen molar-refractivity contribution in [2.75, 3.05) is 33.2 Å². The molecule has 0 aliphatic carbocycles. The molecule has 1 aliphatic heterocycles. The van der Waals surface area contributed by atoms with E-state index in [2.05, 4.69) is 30.7 Å². The Morgan fingerprint density at radius 1 is 1.53 bits per heavy atom. The van der Waals surface area contributed by atoms with Crippen molar-refractivity contribution in [2.24, 2.45) is 5.73 Å². The minimum absolute atomic E-state index is 0.410. The summed E-state index contributed by atoms with van der Waals surface area (Å²) in [6.45, 7) is 9.21. The molecule has 0 amide bonds. The largest absolute Gasteiger partial charge is 0.327 e. The summed E-state index contributed by atoms with van der Waals surface area (Å²) in [7, 11) is 2.22. The molecule has 0 aromatic carbocycles. The van der Waals surface area contributed by atoms with Crippen LogP contribution in [-0.2, 0) is 0 Å². The molecule has 0 aromatic heterocycles. The first-order chi connectivity index (χ1) is 7.13. The van der Waals surface area contributed by atoms with E-state index in [1.807, 2.05) is 0 Å². The molecule has 3 heteroatoms. The molecule has 1 fully saturated rings. The number of likely N-dealkylation sites (N-methyl/N-ethyl adjacent to an activating group) is 1. The van der Waals surface area contributed by atoms with E-state index in [0.29, 0.717) is 12.1 Å². The zero-order chi connectivity index (χ0) is 11.3. The number of hydrogen-bond acceptors (Lipinski definition) is 3. The molecule has 0 saturated carbocycles. The summed E-state index contributed by atoms with van der Waals surface area (Å²) in [5, 5.41) is 0. The van der Waals surface area contributed by atoms with Gasteiger partial charge in [0.15, 0.2) is 0 Å². The van der Waals surface area contributed by atoms with Gasteiger partial charge in [0, 0.05) is 31.7 Å². The molecule has 1 heterocycles. The molecule has 15 heavy (non-hydrogen) atoms. The van der Waals surface area contributed by atoms with Crippen LogP contribution in [0.4, 0.5) is 0 Å². The lowest BCUT2D eigenvalue weighted by molar-refractivity contribution is 0.164. The van der Waals surface area contributed by atoms with Crippen molar-refractivity contribution in [2.45, 2.75) is 45.2 Å². The predicted molar refractivity (Wildman–Crippen MR) is 66.0 cm³/mol. The minimum atomic E-state index is 0.410. The van der Waals surface area contributed by atoms with E-state index in [-0.39, 0.29) is 0 Å². The average molecular weight is 213 g/mol. The molecular weight excluding hydrogens is 186 g/mol. The fourth-order valence-electron chi connectivity index (χ4n) is 2.13. The van der Waals surface area contributed by atoms with Crippen LogP contribution in [0.15, 0.2) is 0 Å². The van der Waals surface area contributed by atoms with Crippen LogP contribution < -0.4 is 5.73 Å². The summed E-state index contributed by atoms with van der Waals surface area (Å²) in [6, 6.07) is 1.11. The molecule has 0 spiro atoms. The SMILES string of the molecule is CCC(C)N(C)CCN1CCCC(N)C1. The molecule has 2 unspecified atom stereocenters. The van der Waals surface area contributed by atoms with E-state index in [1.165, 1.54) is 38.9 Å². The highest BCUT2D eigenvalue weighted by Gasteiger charge is 2.17. The van der Waals surface area contributed by atoms with E-state index < -0.39 is 0 Å². The third kappa shape index (κ3) is 4.49. The van der Waals surface area contributed by atoms with E-state index >= 15 is 0 Å². The Balaban J connectivity index is 2.18. The maximum atomic E-state index is 5.96. The Bertz CT molecular complexity index is 172. The first-order valence-electron chi connectivity index (χ1n) is 6.31. The maximum Gasteiger partial charge on any atom is 0.0168 e. The molecule has 1 aliphatic rings. The highest BCUT2D eigenvalue weighted by Crippen LogP contribution is 2.08. The lowest BCUT2D eigenvalue weighted by Crippen LogP contribution is -2.46. The summed E-state index contributed by atoms with van der Waals surface area (Å²) in [4.78, 5) is 4.95. The molecule has 2 N–H and O–H groups in total. The predicted octanol–water partition coefficient (Wildman–Crippen LogP) is 1.14. The molecule has 0 aromatic rings. The van der Waals surface area contributed by atoms with Crippen molar-refractivity contribution in [3.63, 3.8) is 0 Å². The van der Waals surface area contributed by atoms with Crippen LogP contribution in [0.5, 0.6) is 0 Å². The second kappa shape index (κ2) is 6.46. The summed E-state index contributed by atoms with van der Waals surface area (Å²) in [5.41, 5.74) is 5.96. The van der Waals surface area contributed by atoms with Crippen LogP contribution in [0.2, 0.25) is 0 Å². The van der Waals surface area contributed by atoms with E-state index in [0.717, 1.165) is 6.54 Å². The highest BCUT2D eigenvalue weighted by atomic mass is 15.2. The van der Waals surface area contributed by atoms with Crippen LogP contribution in [0.3, 0.4) is 0 Å². The topological polar surface area (TPSA) is 32.5 Å². The first kappa shape index (κ1) is 12.9. The lowest BCUT2D eigenvalue weighted by Gasteiger charge is -2.33. The van der Waals surface area contributed by atoms with Gasteiger partial charge in [0.05, 0.1) is 0 Å². The first-order valence-corrected chi connectivity index (χ1v) is 6.31. The molecular formula is C12H27N3. The van der Waals surface area contributed by atoms with E-state index in [9.17, 15) is 0 Å². The Hall–Kier alpha value is -0.120. The molecule has 2 atom stereocenters. The van der Waals surface area contributed by atoms with Crippen molar-refractivity contribution in [3.05, 3.63) is 0 Å². The van der Waals surface area contributed by atoms with Gasteiger partial charge < -0.3 is 15.5 Å². The van der Waals surface area contributed by atoms with Crippen molar-refractivity contribution >= 4 is 0 Å². The van der Waals surface area contributed by atoms with Gasteiger partial charge in [-0.1, -0.05) is 6.92 Å². The van der Waals surface area contributed by atoms with Crippen molar-refractivity contribution in [3.8, 4) is 0 Å². The normalized spacial score (nSPS) is 25.8. The van der Waals surface area contributed by atoms with Crippen molar-refractivity contribution < 1.29 is 0 Å². The van der Waals surface area contributed by atoms with Gasteiger partial charge in [-0.2, -0.15) is 0 Å². The van der Waals surface area contributed by atoms with Gasteiger partial charge in [-0.05, 0) is 39.8 Å². The second-order valence-electron chi connectivity index (χ2n) is 4.94. The zero-order valence-electron chi connectivity index (χ0n) is 10.6. The van der Waals surface area contributed by atoms with Crippen LogP contribution in [0.25, 0.3) is 0 Å². The van der Waals surface area contributed by atoms with Crippen LogP contribution in [0.1, 0.15) is 33.1 Å². The smallest absolute Gasteiger partial charge is 0.0168 e. The van der Waals surface area contributed by atoms with Gasteiger partial charge in [-0.3, -0.25) is 0 Å². The van der Waals surface area contributed by atoms with Gasteiger partial charge in [0.2, 0.25) is 0 Å². The molecule has 3 nitrogen and oxygen atoms in total. The third-order valence-electron chi connectivity index (χ3n) is 3.65. The van der Waals surface area contributed by atoms with Crippen LogP contribution in [0, 0.1) is 0 Å². The summed E-state index contributed by atoms with van der Waals surface area (Å²) >= 11 is 0. The van der Waals surface area contributed by atoms with Gasteiger partial charge in [-0.15, -0.1) is 0 Å². The lowest BCUT2D eigenvalue weighted by atomic mass is 10.1. The number of hydrogen-bond donors (Lipinski definition) is 1. The number of nitrogens with two attached hydrogens (primary N) is 1. The number of rotatable bonds is 5. The number of nitrogens with zero attached hydrogens (tertiary/aromatic N) is 2. The fraction of sp³-hybridized carbons (Fsp3) is 1.00. The minimum Gasteiger partial charge on any atom is -0.327 e. The maximum absolute atomic E-state index is 5.96. The standard InChI is InChI=1S/C12H27N3/c1-4-11(2)14(3)8-9-15-7-5-6-12(13)10-15/h11-12H,4-10,13H2,1-3H3. The van der Waals surface area contributed by atoms with Crippen LogP contribution >= 0.6 is 0 Å². The average Bonchev–Trinajstić information content (AvgIpc) is 2.25. The number of likely N-dealkylation sites (tertiary alicyclic amines) is 1. The Morgan fingerprint density at radius 2 is 2.27 bits per heavy atom. The van der Waals surface area contributed by atoms with Gasteiger partial charge in [0.1, 0.15) is 0 Å². The Kier molecular flexibility index (Phi) is 5.58. The molecule has 90 valence electrons. The van der Waals surface area contributed by atoms with Gasteiger partial charge in [-0.25, -0.2) is 0 Å². The number of piperidine rings is 1. The Labute approximate surface area is 94.6 Å². The molecule has 0 radical (unpaired) electrons. The van der Waals surface area contributed by atoms with E-state index in [1.54, 1.807) is 0 Å². The summed E-state index contributed by atoms with van der Waals surface area (Å²) < 4.78 is 0. The third-order valence-corrected chi connectivity index (χ3v) is 3.65. The quantitative estimate of drug-likeness (QED) is 0.743. The van der Waals surface area contributed by atoms with Crippen molar-refractivity contribution in [1.29, 1.82) is 0 Å². The highest BCUT2D eigenvalue weighted by molar-refractivity contribution is 4.75. The Morgan fingerprint density at radius 3 is 2.87 bits per heavy atom. The zero-order valence-corrected chi connectivity index (χ0v) is 10.6. The second-order valence-corrected chi connectivity index (χ2v) is 4.94. The van der Waals surface area contributed by atoms with E-state index in [4.69, 9.17) is 5.73 Å². The fourth-order valence-corrected chi connectivity index (χ4v) is 2.13. The summed E-state index contributed by atoms with van der Waals surface area (Å²) in [5.74, 6) is 0.